The lowest BCUT2D eigenvalue weighted by molar-refractivity contribution is -0.384. The molecule has 15 heavy (non-hydrogen) atoms. The van der Waals surface area contributed by atoms with E-state index in [1.54, 1.807) is 0 Å². The van der Waals surface area contributed by atoms with E-state index in [1.807, 2.05) is 0 Å². The Hall–Kier alpha value is -1.31. The fourth-order valence-corrected chi connectivity index (χ4v) is 1.66. The van der Waals surface area contributed by atoms with Crippen LogP contribution in [0.3, 0.4) is 0 Å². The van der Waals surface area contributed by atoms with Gasteiger partial charge in [0.2, 0.25) is 0 Å². The molecule has 5 nitrogen and oxygen atoms in total. The molecule has 1 rings (SSSR count). The van der Waals surface area contributed by atoms with Crippen molar-refractivity contribution in [3.63, 3.8) is 0 Å². The third kappa shape index (κ3) is 2.20. The molecule has 8 heteroatoms. The first-order chi connectivity index (χ1) is 6.99. The van der Waals surface area contributed by atoms with E-state index in [0.717, 1.165) is 6.20 Å². The van der Waals surface area contributed by atoms with Crippen molar-refractivity contribution in [1.82, 2.24) is 4.98 Å². The molecule has 0 atom stereocenters. The normalized spacial score (nSPS) is 10.7. The van der Waals surface area contributed by atoms with Gasteiger partial charge in [0.05, 0.1) is 16.7 Å². The number of pyridine rings is 1. The van der Waals surface area contributed by atoms with Gasteiger partial charge in [0.25, 0.3) is 12.1 Å². The van der Waals surface area contributed by atoms with Crippen LogP contribution in [0.15, 0.2) is 6.20 Å². The van der Waals surface area contributed by atoms with Crippen molar-refractivity contribution in [2.45, 2.75) is 11.8 Å². The number of nitrogen functional groups attached to an aromatic ring is 1. The van der Waals surface area contributed by atoms with Crippen molar-refractivity contribution in [3.8, 4) is 0 Å². The molecule has 0 saturated heterocycles. The minimum Gasteiger partial charge on any atom is -0.392 e. The smallest absolute Gasteiger partial charge is 0.299 e. The van der Waals surface area contributed by atoms with Gasteiger partial charge in [-0.25, -0.2) is 8.78 Å². The van der Waals surface area contributed by atoms with Crippen LogP contribution in [0.1, 0.15) is 17.7 Å². The van der Waals surface area contributed by atoms with Crippen molar-refractivity contribution in [1.29, 1.82) is 0 Å². The molecular formula is C7H6BrF2N3O2. The maximum Gasteiger partial charge on any atom is 0.299 e. The predicted octanol–water partition coefficient (Wildman–Crippen LogP) is 2.40. The highest BCUT2D eigenvalue weighted by atomic mass is 79.9. The summed E-state index contributed by atoms with van der Waals surface area (Å²) >= 11 is 2.90. The van der Waals surface area contributed by atoms with Crippen LogP contribution in [0.5, 0.6) is 0 Å². The fraction of sp³-hybridized carbons (Fsp3) is 0.286. The van der Waals surface area contributed by atoms with Crippen molar-refractivity contribution in [2.24, 2.45) is 0 Å². The van der Waals surface area contributed by atoms with Crippen LogP contribution in [0.25, 0.3) is 0 Å². The molecule has 0 aliphatic carbocycles. The molecule has 1 aromatic rings. The first-order valence-electron chi connectivity index (χ1n) is 3.74. The Labute approximate surface area is 91.6 Å². The molecule has 1 heterocycles. The van der Waals surface area contributed by atoms with Gasteiger partial charge in [0, 0.05) is 5.33 Å². The predicted molar refractivity (Wildman–Crippen MR) is 52.9 cm³/mol. The largest absolute Gasteiger partial charge is 0.392 e. The first-order valence-corrected chi connectivity index (χ1v) is 4.87. The number of nitrogens with zero attached hydrogens (tertiary/aromatic N) is 2. The zero-order chi connectivity index (χ0) is 11.6. The van der Waals surface area contributed by atoms with E-state index < -0.39 is 22.7 Å². The van der Waals surface area contributed by atoms with E-state index in [9.17, 15) is 18.9 Å². The molecule has 0 fully saturated rings. The second-order valence-electron chi connectivity index (χ2n) is 2.62. The maximum absolute atomic E-state index is 12.4. The van der Waals surface area contributed by atoms with Gasteiger partial charge in [-0.15, -0.1) is 0 Å². The van der Waals surface area contributed by atoms with Gasteiger partial charge < -0.3 is 5.73 Å². The third-order valence-corrected chi connectivity index (χ3v) is 2.29. The summed E-state index contributed by atoms with van der Waals surface area (Å²) < 4.78 is 24.9. The van der Waals surface area contributed by atoms with E-state index in [4.69, 9.17) is 5.73 Å². The number of halogens is 3. The zero-order valence-electron chi connectivity index (χ0n) is 7.28. The van der Waals surface area contributed by atoms with Crippen molar-refractivity contribution >= 4 is 27.3 Å². The van der Waals surface area contributed by atoms with Crippen LogP contribution in [0.4, 0.5) is 20.2 Å². The second kappa shape index (κ2) is 4.47. The highest BCUT2D eigenvalue weighted by Crippen LogP contribution is 2.33. The lowest BCUT2D eigenvalue weighted by Gasteiger charge is -2.07. The van der Waals surface area contributed by atoms with Crippen LogP contribution in [0, 0.1) is 10.1 Å². The zero-order valence-corrected chi connectivity index (χ0v) is 8.87. The Morgan fingerprint density at radius 2 is 2.27 bits per heavy atom. The summed E-state index contributed by atoms with van der Waals surface area (Å²) in [5.74, 6) is 0. The molecule has 1 aromatic heterocycles. The summed E-state index contributed by atoms with van der Waals surface area (Å²) in [7, 11) is 0. The van der Waals surface area contributed by atoms with Crippen LogP contribution >= 0.6 is 15.9 Å². The van der Waals surface area contributed by atoms with Crippen LogP contribution in [0.2, 0.25) is 0 Å². The fourth-order valence-electron chi connectivity index (χ4n) is 1.11. The molecule has 0 saturated carbocycles. The molecular weight excluding hydrogens is 276 g/mol. The Balaban J connectivity index is 3.47. The average molecular weight is 282 g/mol. The van der Waals surface area contributed by atoms with Gasteiger partial charge in [-0.1, -0.05) is 15.9 Å². The topological polar surface area (TPSA) is 82.0 Å². The molecule has 0 amide bonds. The quantitative estimate of drug-likeness (QED) is 0.524. The number of aromatic nitrogens is 1. The second-order valence-corrected chi connectivity index (χ2v) is 3.18. The number of anilines is 1. The lowest BCUT2D eigenvalue weighted by Crippen LogP contribution is -2.05. The van der Waals surface area contributed by atoms with Crippen molar-refractivity contribution in [2.75, 3.05) is 5.73 Å². The van der Waals surface area contributed by atoms with Gasteiger partial charge in [-0.2, -0.15) is 0 Å². The van der Waals surface area contributed by atoms with Gasteiger partial charge in [0.1, 0.15) is 11.4 Å². The van der Waals surface area contributed by atoms with E-state index in [1.165, 1.54) is 0 Å². The SMILES string of the molecule is Nc1cnc(C(F)F)c(CBr)c1[N+](=O)[O-]. The molecule has 0 bridgehead atoms. The van der Waals surface area contributed by atoms with E-state index in [0.29, 0.717) is 0 Å². The average Bonchev–Trinajstić information content (AvgIpc) is 2.15. The summed E-state index contributed by atoms with van der Waals surface area (Å²) in [6.07, 6.45) is -2.00. The maximum atomic E-state index is 12.4. The standard InChI is InChI=1S/C7H6BrF2N3O2/c8-1-3-5(7(9)10)12-2-4(11)6(3)13(14)15/h2,7H,1,11H2. The van der Waals surface area contributed by atoms with Crippen LogP contribution in [-0.4, -0.2) is 9.91 Å². The number of hydrogen-bond donors (Lipinski definition) is 1. The van der Waals surface area contributed by atoms with Crippen molar-refractivity contribution < 1.29 is 13.7 Å². The van der Waals surface area contributed by atoms with Gasteiger partial charge >= 0.3 is 0 Å². The minimum atomic E-state index is -2.86. The van der Waals surface area contributed by atoms with E-state index >= 15 is 0 Å². The molecule has 82 valence electrons. The third-order valence-electron chi connectivity index (χ3n) is 1.73. The molecule has 0 radical (unpaired) electrons. The highest BCUT2D eigenvalue weighted by Gasteiger charge is 2.26. The molecule has 0 aliphatic rings. The van der Waals surface area contributed by atoms with E-state index in [-0.39, 0.29) is 16.6 Å². The molecule has 0 spiro atoms. The summed E-state index contributed by atoms with van der Waals surface area (Å²) in [4.78, 5) is 13.2. The number of hydrogen-bond acceptors (Lipinski definition) is 4. The Morgan fingerprint density at radius 3 is 2.67 bits per heavy atom. The number of nitrogens with two attached hydrogens (primary N) is 1. The molecule has 0 unspecified atom stereocenters. The van der Waals surface area contributed by atoms with Crippen LogP contribution < -0.4 is 5.73 Å². The number of rotatable bonds is 3. The summed E-state index contributed by atoms with van der Waals surface area (Å²) in [5, 5.41) is 10.5. The summed E-state index contributed by atoms with van der Waals surface area (Å²) in [6.45, 7) is 0. The monoisotopic (exact) mass is 281 g/mol. The molecule has 0 aliphatic heterocycles. The summed E-state index contributed by atoms with van der Waals surface area (Å²) in [5.41, 5.74) is 3.75. The Kier molecular flexibility index (Phi) is 3.51. The van der Waals surface area contributed by atoms with Crippen molar-refractivity contribution in [3.05, 3.63) is 27.6 Å². The lowest BCUT2D eigenvalue weighted by atomic mass is 10.1. The van der Waals surface area contributed by atoms with Crippen LogP contribution in [-0.2, 0) is 5.33 Å². The van der Waals surface area contributed by atoms with Gasteiger partial charge in [0.15, 0.2) is 0 Å². The number of alkyl halides is 3. The van der Waals surface area contributed by atoms with Gasteiger partial charge in [-0.3, -0.25) is 15.1 Å². The molecule has 0 aromatic carbocycles. The first kappa shape index (κ1) is 11.8. The minimum absolute atomic E-state index is 0.0962. The van der Waals surface area contributed by atoms with E-state index in [2.05, 4.69) is 20.9 Å². The molecule has 2 N–H and O–H groups in total. The summed E-state index contributed by atoms with van der Waals surface area (Å²) in [6, 6.07) is 0. The highest BCUT2D eigenvalue weighted by molar-refractivity contribution is 9.08. The van der Waals surface area contributed by atoms with Gasteiger partial charge in [-0.05, 0) is 0 Å². The number of nitro groups is 1. The Morgan fingerprint density at radius 1 is 1.67 bits per heavy atom. The Bertz CT molecular complexity index is 400.